The summed E-state index contributed by atoms with van der Waals surface area (Å²) in [4.78, 5) is 32.2. The van der Waals surface area contributed by atoms with Crippen molar-refractivity contribution in [2.45, 2.75) is 12.5 Å². The fraction of sp³-hybridized carbons (Fsp3) is 0.357. The molecular formula is C14H19FmN2O5-. The second kappa shape index (κ2) is 14.2. The van der Waals surface area contributed by atoms with Gasteiger partial charge in [-0.2, -0.15) is 6.41 Å². The Morgan fingerprint density at radius 3 is 2.55 bits per heavy atom. The Kier molecular flexibility index (Phi) is 13.6. The molecule has 2 amide bonds. The van der Waals surface area contributed by atoms with E-state index in [1.807, 2.05) is 30.3 Å². The van der Waals surface area contributed by atoms with Gasteiger partial charge < -0.3 is 30.1 Å². The average molecular weight is 552 g/mol. The van der Waals surface area contributed by atoms with Crippen molar-refractivity contribution in [1.29, 1.82) is 0 Å². The number of aliphatic hydroxyl groups excluding tert-OH is 1. The molecule has 0 aliphatic rings. The molecule has 0 spiro atoms. The predicted octanol–water partition coefficient (Wildman–Crippen LogP) is -0.848. The quantitative estimate of drug-likeness (QED) is 0.122. The molecule has 1 atom stereocenters. The van der Waals surface area contributed by atoms with E-state index < -0.39 is 11.9 Å². The van der Waals surface area contributed by atoms with E-state index in [1.165, 1.54) is 6.41 Å². The zero-order chi connectivity index (χ0) is 15.9. The summed E-state index contributed by atoms with van der Waals surface area (Å²) in [6.45, 7) is -0.166. The Hall–Kier alpha value is -3.25. The zero-order valence-electron chi connectivity index (χ0n) is 12.0. The first-order chi connectivity index (χ1) is 10.3. The summed E-state index contributed by atoms with van der Waals surface area (Å²) in [7, 11) is 1.00. The number of rotatable bonds is 9. The molecular weight excluding hydrogens is 533 g/mol. The standard InChI is InChI=1S/C13H15N2O4.CH4O.Fm/c16-6-7-19-10-15-13(18)12(14-9-17)8-11-4-2-1-3-5-11;1-2;/h1-6,12H,7-8,10H2,(H,14,17)(H,15,18);2H,1H3;/q-1;;. The SMILES string of the molecule is CO.O=[C-]NC(Cc1ccccc1)C(=O)NCOCC=O.[Fm]. The average Bonchev–Trinajstić information content (AvgIpc) is 2.54. The van der Waals surface area contributed by atoms with Crippen LogP contribution in [0.25, 0.3) is 0 Å². The van der Waals surface area contributed by atoms with E-state index in [2.05, 4.69) is 10.6 Å². The first-order valence-electron chi connectivity index (χ1n) is 6.18. The van der Waals surface area contributed by atoms with E-state index in [4.69, 9.17) is 9.84 Å². The van der Waals surface area contributed by atoms with Gasteiger partial charge in [0.1, 0.15) is 19.6 Å². The fourth-order valence-electron chi connectivity index (χ4n) is 1.48. The molecule has 0 aliphatic carbocycles. The van der Waals surface area contributed by atoms with E-state index in [1.54, 1.807) is 0 Å². The zero-order valence-corrected chi connectivity index (χ0v) is 14.4. The summed E-state index contributed by atoms with van der Waals surface area (Å²) in [6.07, 6.45) is 2.46. The predicted molar refractivity (Wildman–Crippen MR) is 75.9 cm³/mol. The monoisotopic (exact) mass is 552 g/mol. The van der Waals surface area contributed by atoms with Gasteiger partial charge in [0.2, 0.25) is 5.91 Å². The second-order valence-corrected chi connectivity index (χ2v) is 3.71. The number of nitrogens with one attached hydrogen (secondary N) is 2. The number of amides is 2. The molecule has 1 aromatic rings. The van der Waals surface area contributed by atoms with E-state index in [9.17, 15) is 14.4 Å². The van der Waals surface area contributed by atoms with Gasteiger partial charge >= 0.3 is 0 Å². The number of carbonyl (C=O) groups is 2. The molecule has 0 aliphatic heterocycles. The minimum atomic E-state index is -0.722. The molecule has 128 valence electrons. The van der Waals surface area contributed by atoms with Crippen molar-refractivity contribution in [1.82, 2.24) is 10.6 Å². The number of benzene rings is 1. The van der Waals surface area contributed by atoms with Crippen molar-refractivity contribution in [2.24, 2.45) is 0 Å². The van der Waals surface area contributed by atoms with Crippen molar-refractivity contribution < 1.29 is 24.2 Å². The van der Waals surface area contributed by atoms with Crippen LogP contribution in [-0.4, -0.2) is 50.2 Å². The maximum absolute atomic E-state index is 11.8. The van der Waals surface area contributed by atoms with Gasteiger partial charge in [-0.05, 0) is 12.0 Å². The molecule has 3 N–H and O–H groups in total. The molecule has 1 aromatic carbocycles. The molecule has 7 nitrogen and oxygen atoms in total. The number of aldehydes is 1. The van der Waals surface area contributed by atoms with Crippen molar-refractivity contribution in [3.63, 3.8) is 0 Å². The number of ether oxygens (including phenoxy) is 1. The van der Waals surface area contributed by atoms with Crippen LogP contribution in [0.1, 0.15) is 5.56 Å². The summed E-state index contributed by atoms with van der Waals surface area (Å²) >= 11 is 0. The summed E-state index contributed by atoms with van der Waals surface area (Å²) in [6, 6.07) is 8.56. The van der Waals surface area contributed by atoms with Crippen LogP contribution in [0.5, 0.6) is 0 Å². The maximum Gasteiger partial charge on any atom is 0.242 e. The third-order valence-electron chi connectivity index (χ3n) is 2.37. The minimum absolute atomic E-state index is 0. The largest absolute Gasteiger partial charge is 0.520 e. The number of aliphatic hydroxyl groups is 1. The molecule has 1 rings (SSSR count). The topological polar surface area (TPSA) is 105 Å². The molecule has 8 heteroatoms. The van der Waals surface area contributed by atoms with Crippen LogP contribution < -0.4 is 10.6 Å². The van der Waals surface area contributed by atoms with Gasteiger partial charge in [-0.25, -0.2) is 0 Å². The van der Waals surface area contributed by atoms with Gasteiger partial charge in [0, 0.05) is 7.11 Å². The van der Waals surface area contributed by atoms with E-state index in [0.717, 1.165) is 12.7 Å². The Morgan fingerprint density at radius 1 is 1.36 bits per heavy atom. The summed E-state index contributed by atoms with van der Waals surface area (Å²) < 4.78 is 4.81. The number of hydrogen-bond acceptors (Lipinski definition) is 5. The molecule has 0 fully saturated rings. The van der Waals surface area contributed by atoms with Crippen molar-refractivity contribution in [3.8, 4) is 0 Å². The van der Waals surface area contributed by atoms with E-state index >= 15 is 0 Å². The first kappa shape index (κ1) is 21.1. The van der Waals surface area contributed by atoms with Crippen LogP contribution >= 0.6 is 0 Å². The number of carbonyl (C=O) groups excluding carboxylic acids is 3. The molecule has 22 heavy (non-hydrogen) atoms. The first-order valence-corrected chi connectivity index (χ1v) is 6.18. The molecule has 0 saturated heterocycles. The third kappa shape index (κ3) is 8.78. The van der Waals surface area contributed by atoms with Crippen LogP contribution in [0.3, 0.4) is 0 Å². The maximum atomic E-state index is 11.8. The smallest absolute Gasteiger partial charge is 0.242 e. The van der Waals surface area contributed by atoms with Gasteiger partial charge in [0.15, 0.2) is 0 Å². The molecule has 0 saturated carbocycles. The molecule has 0 bridgehead atoms. The van der Waals surface area contributed by atoms with Crippen LogP contribution in [0, 0.1) is 0 Å². The second-order valence-electron chi connectivity index (χ2n) is 3.71. The Bertz CT molecular complexity index is 417. The normalized spacial score (nSPS) is 10.1. The minimum Gasteiger partial charge on any atom is -0.520 e. The summed E-state index contributed by atoms with van der Waals surface area (Å²) in [5.74, 6) is -0.391. The number of hydrogen-bond donors (Lipinski definition) is 3. The van der Waals surface area contributed by atoms with Crippen molar-refractivity contribution >= 4 is 18.6 Å². The molecule has 0 heterocycles. The summed E-state index contributed by atoms with van der Waals surface area (Å²) in [5, 5.41) is 11.8. The molecule has 1 unspecified atom stereocenters. The van der Waals surface area contributed by atoms with Gasteiger partial charge in [0.25, 0.3) is 0 Å². The molecule has 0 aromatic heterocycles. The third-order valence-corrected chi connectivity index (χ3v) is 2.37. The summed E-state index contributed by atoms with van der Waals surface area (Å²) in [5.41, 5.74) is 0.916. The van der Waals surface area contributed by atoms with Crippen molar-refractivity contribution in [2.75, 3.05) is 20.4 Å². The van der Waals surface area contributed by atoms with E-state index in [0.29, 0.717) is 12.7 Å². The van der Waals surface area contributed by atoms with Gasteiger partial charge in [0.05, 0.1) is 6.04 Å². The van der Waals surface area contributed by atoms with Gasteiger partial charge in [-0.3, -0.25) is 4.79 Å². The van der Waals surface area contributed by atoms with Crippen molar-refractivity contribution in [3.05, 3.63) is 35.9 Å². The van der Waals surface area contributed by atoms with Crippen LogP contribution in [0.15, 0.2) is 30.3 Å². The molecule has 0 radical (unpaired) electrons. The Balaban J connectivity index is 0. The van der Waals surface area contributed by atoms with Gasteiger partial charge in [-0.15, -0.1) is 0 Å². The van der Waals surface area contributed by atoms with Gasteiger partial charge in [-0.1, -0.05) is 30.3 Å². The Labute approximate surface area is 123 Å². The Morgan fingerprint density at radius 2 is 2.00 bits per heavy atom. The van der Waals surface area contributed by atoms with Crippen LogP contribution in [-0.2, 0) is 25.5 Å². The van der Waals surface area contributed by atoms with E-state index in [-0.39, 0.29) is 13.3 Å². The van der Waals surface area contributed by atoms with Crippen LogP contribution in [0.4, 0.5) is 0 Å². The fourth-order valence-corrected chi connectivity index (χ4v) is 1.48. The van der Waals surface area contributed by atoms with Crippen LogP contribution in [0.2, 0.25) is 0 Å².